The van der Waals surface area contributed by atoms with Gasteiger partial charge in [0, 0.05) is 19.0 Å². The first-order valence-corrected chi connectivity index (χ1v) is 10.6. The molecule has 1 amide bonds. The third-order valence-electron chi connectivity index (χ3n) is 5.10. The largest absolute Gasteiger partial charge is 0.342 e. The van der Waals surface area contributed by atoms with E-state index in [1.54, 1.807) is 0 Å². The van der Waals surface area contributed by atoms with Crippen molar-refractivity contribution in [1.82, 2.24) is 19.7 Å². The quantitative estimate of drug-likeness (QED) is 0.746. The SMILES string of the molecule is C[C@H](Sc1nc(C2CC2)n(-c2ccccc2)n1)C(=O)N1CCCCCC1. The first kappa shape index (κ1) is 17.6. The summed E-state index contributed by atoms with van der Waals surface area (Å²) in [6.45, 7) is 3.77. The van der Waals surface area contributed by atoms with Crippen molar-refractivity contribution in [3.05, 3.63) is 36.2 Å². The summed E-state index contributed by atoms with van der Waals surface area (Å²) in [6, 6.07) is 10.2. The van der Waals surface area contributed by atoms with Crippen LogP contribution >= 0.6 is 11.8 Å². The van der Waals surface area contributed by atoms with Gasteiger partial charge < -0.3 is 4.90 Å². The van der Waals surface area contributed by atoms with Crippen molar-refractivity contribution in [3.63, 3.8) is 0 Å². The molecule has 6 heteroatoms. The third kappa shape index (κ3) is 3.95. The number of thioether (sulfide) groups is 1. The number of benzene rings is 1. The molecular weight excluding hydrogens is 344 g/mol. The first-order chi connectivity index (χ1) is 12.7. The number of para-hydroxylation sites is 1. The van der Waals surface area contributed by atoms with Crippen LogP contribution in [0.2, 0.25) is 0 Å². The van der Waals surface area contributed by atoms with E-state index in [0.29, 0.717) is 11.1 Å². The van der Waals surface area contributed by atoms with E-state index >= 15 is 0 Å². The molecule has 5 nitrogen and oxygen atoms in total. The van der Waals surface area contributed by atoms with Crippen LogP contribution in [0.3, 0.4) is 0 Å². The van der Waals surface area contributed by atoms with E-state index in [1.165, 1.54) is 37.4 Å². The summed E-state index contributed by atoms with van der Waals surface area (Å²) in [5.41, 5.74) is 1.04. The number of hydrogen-bond donors (Lipinski definition) is 0. The number of carbonyl (C=O) groups is 1. The second-order valence-electron chi connectivity index (χ2n) is 7.27. The molecule has 1 saturated carbocycles. The molecule has 2 aromatic rings. The van der Waals surface area contributed by atoms with Gasteiger partial charge in [-0.2, -0.15) is 0 Å². The maximum atomic E-state index is 12.8. The lowest BCUT2D eigenvalue weighted by Crippen LogP contribution is -2.37. The zero-order valence-corrected chi connectivity index (χ0v) is 16.1. The van der Waals surface area contributed by atoms with Gasteiger partial charge >= 0.3 is 0 Å². The van der Waals surface area contributed by atoms with Gasteiger partial charge in [0.05, 0.1) is 10.9 Å². The van der Waals surface area contributed by atoms with Gasteiger partial charge in [0.1, 0.15) is 5.82 Å². The molecule has 0 N–H and O–H groups in total. The minimum absolute atomic E-state index is 0.147. The molecule has 2 fully saturated rings. The zero-order valence-electron chi connectivity index (χ0n) is 15.3. The molecule has 1 aliphatic heterocycles. The average Bonchev–Trinajstić information content (AvgIpc) is 3.47. The molecule has 0 bridgehead atoms. The van der Waals surface area contributed by atoms with Crippen molar-refractivity contribution in [3.8, 4) is 5.69 Å². The van der Waals surface area contributed by atoms with Crippen LogP contribution in [0.4, 0.5) is 0 Å². The van der Waals surface area contributed by atoms with E-state index in [4.69, 9.17) is 10.1 Å². The van der Waals surface area contributed by atoms with Crippen LogP contribution in [0.5, 0.6) is 0 Å². The molecule has 0 radical (unpaired) electrons. The van der Waals surface area contributed by atoms with Gasteiger partial charge in [-0.05, 0) is 44.7 Å². The van der Waals surface area contributed by atoms with Crippen LogP contribution in [0.1, 0.15) is 57.2 Å². The standard InChI is InChI=1S/C20H26N4OS/c1-15(19(25)23-13-7-2-3-8-14-23)26-20-21-18(16-11-12-16)24(22-20)17-9-5-4-6-10-17/h4-6,9-10,15-16H,2-3,7-8,11-14H2,1H3/t15-/m0/s1. The van der Waals surface area contributed by atoms with Crippen molar-refractivity contribution in [2.75, 3.05) is 13.1 Å². The number of likely N-dealkylation sites (tertiary alicyclic amines) is 1. The zero-order chi connectivity index (χ0) is 17.9. The van der Waals surface area contributed by atoms with E-state index in [-0.39, 0.29) is 11.2 Å². The summed E-state index contributed by atoms with van der Waals surface area (Å²) in [4.78, 5) is 19.6. The molecule has 1 aromatic carbocycles. The first-order valence-electron chi connectivity index (χ1n) is 9.70. The Bertz CT molecular complexity index is 748. The van der Waals surface area contributed by atoms with Crippen molar-refractivity contribution >= 4 is 17.7 Å². The Morgan fingerprint density at radius 2 is 1.81 bits per heavy atom. The molecule has 138 valence electrons. The van der Waals surface area contributed by atoms with Crippen LogP contribution in [-0.4, -0.2) is 43.9 Å². The van der Waals surface area contributed by atoms with Gasteiger partial charge in [-0.25, -0.2) is 9.67 Å². The molecule has 1 aromatic heterocycles. The van der Waals surface area contributed by atoms with Crippen molar-refractivity contribution < 1.29 is 4.79 Å². The fourth-order valence-electron chi connectivity index (χ4n) is 3.48. The Kier molecular flexibility index (Phi) is 5.29. The topological polar surface area (TPSA) is 51.0 Å². The molecule has 0 unspecified atom stereocenters. The highest BCUT2D eigenvalue weighted by molar-refractivity contribution is 8.00. The van der Waals surface area contributed by atoms with Crippen LogP contribution in [0, 0.1) is 0 Å². The Labute approximate surface area is 159 Å². The normalized spacial score (nSPS) is 19.2. The van der Waals surface area contributed by atoms with Crippen molar-refractivity contribution in [2.24, 2.45) is 0 Å². The van der Waals surface area contributed by atoms with Crippen LogP contribution in [-0.2, 0) is 4.79 Å². The van der Waals surface area contributed by atoms with E-state index in [9.17, 15) is 4.79 Å². The maximum Gasteiger partial charge on any atom is 0.235 e. The predicted molar refractivity (Wildman–Crippen MR) is 104 cm³/mol. The van der Waals surface area contributed by atoms with E-state index in [2.05, 4.69) is 12.1 Å². The highest BCUT2D eigenvalue weighted by Crippen LogP contribution is 2.40. The van der Waals surface area contributed by atoms with Gasteiger partial charge in [-0.3, -0.25) is 4.79 Å². The monoisotopic (exact) mass is 370 g/mol. The van der Waals surface area contributed by atoms with Gasteiger partial charge in [-0.1, -0.05) is 42.8 Å². The van der Waals surface area contributed by atoms with Gasteiger partial charge in [-0.15, -0.1) is 5.10 Å². The summed E-state index contributed by atoms with van der Waals surface area (Å²) in [6.07, 6.45) is 7.07. The molecule has 1 aliphatic carbocycles. The fourth-order valence-corrected chi connectivity index (χ4v) is 4.32. The molecule has 0 spiro atoms. The molecule has 2 heterocycles. The summed E-state index contributed by atoms with van der Waals surface area (Å²) >= 11 is 1.49. The number of nitrogens with zero attached hydrogens (tertiary/aromatic N) is 4. The highest BCUT2D eigenvalue weighted by Gasteiger charge is 2.31. The number of carbonyl (C=O) groups excluding carboxylic acids is 1. The van der Waals surface area contributed by atoms with Crippen molar-refractivity contribution in [1.29, 1.82) is 0 Å². The van der Waals surface area contributed by atoms with Gasteiger partial charge in [0.15, 0.2) is 0 Å². The number of aromatic nitrogens is 3. The molecule has 4 rings (SSSR count). The summed E-state index contributed by atoms with van der Waals surface area (Å²) in [5.74, 6) is 1.77. The number of amides is 1. The molecule has 1 saturated heterocycles. The molecule has 26 heavy (non-hydrogen) atoms. The predicted octanol–water partition coefficient (Wildman–Crippen LogP) is 4.03. The summed E-state index contributed by atoms with van der Waals surface area (Å²) in [5, 5.41) is 5.29. The molecular formula is C20H26N4OS. The van der Waals surface area contributed by atoms with Crippen LogP contribution in [0.25, 0.3) is 5.69 Å². The Balaban J connectivity index is 1.50. The lowest BCUT2D eigenvalue weighted by Gasteiger charge is -2.23. The molecule has 1 atom stereocenters. The second-order valence-corrected chi connectivity index (χ2v) is 8.58. The Morgan fingerprint density at radius 3 is 2.46 bits per heavy atom. The van der Waals surface area contributed by atoms with E-state index in [0.717, 1.165) is 37.4 Å². The van der Waals surface area contributed by atoms with E-state index in [1.807, 2.05) is 34.7 Å². The Hall–Kier alpha value is -1.82. The third-order valence-corrected chi connectivity index (χ3v) is 6.04. The average molecular weight is 371 g/mol. The fraction of sp³-hybridized carbons (Fsp3) is 0.550. The van der Waals surface area contributed by atoms with E-state index < -0.39 is 0 Å². The summed E-state index contributed by atoms with van der Waals surface area (Å²) in [7, 11) is 0. The number of rotatable bonds is 5. The Morgan fingerprint density at radius 1 is 1.12 bits per heavy atom. The molecule has 2 aliphatic rings. The van der Waals surface area contributed by atoms with Gasteiger partial charge in [0.2, 0.25) is 11.1 Å². The second kappa shape index (κ2) is 7.82. The van der Waals surface area contributed by atoms with Crippen LogP contribution < -0.4 is 0 Å². The van der Waals surface area contributed by atoms with Crippen molar-refractivity contribution in [2.45, 2.75) is 61.8 Å². The van der Waals surface area contributed by atoms with Gasteiger partial charge in [0.25, 0.3) is 0 Å². The highest BCUT2D eigenvalue weighted by atomic mass is 32.2. The minimum Gasteiger partial charge on any atom is -0.342 e. The maximum absolute atomic E-state index is 12.8. The smallest absolute Gasteiger partial charge is 0.235 e. The number of hydrogen-bond acceptors (Lipinski definition) is 4. The lowest BCUT2D eigenvalue weighted by atomic mass is 10.2. The summed E-state index contributed by atoms with van der Waals surface area (Å²) < 4.78 is 1.96. The lowest BCUT2D eigenvalue weighted by molar-refractivity contribution is -0.130. The van der Waals surface area contributed by atoms with Crippen LogP contribution in [0.15, 0.2) is 35.5 Å². The minimum atomic E-state index is -0.147.